The van der Waals surface area contributed by atoms with Gasteiger partial charge in [-0.1, -0.05) is 0 Å². The van der Waals surface area contributed by atoms with E-state index in [0.717, 1.165) is 19.4 Å². The Morgan fingerprint density at radius 2 is 2.27 bits per heavy atom. The number of hydrogen-bond acceptors (Lipinski definition) is 2. The van der Waals surface area contributed by atoms with Crippen LogP contribution in [0.25, 0.3) is 5.82 Å². The van der Waals surface area contributed by atoms with Gasteiger partial charge in [-0.15, -0.1) is 11.6 Å². The SMILES string of the molecule is ClCc1cnc(-n2cc(I)cn2)c(Br)c1. The van der Waals surface area contributed by atoms with Gasteiger partial charge in [-0.2, -0.15) is 5.10 Å². The van der Waals surface area contributed by atoms with Gasteiger partial charge in [-0.3, -0.25) is 0 Å². The van der Waals surface area contributed by atoms with Crippen LogP contribution in [0.5, 0.6) is 0 Å². The van der Waals surface area contributed by atoms with E-state index < -0.39 is 0 Å². The average molecular weight is 398 g/mol. The predicted molar refractivity (Wildman–Crippen MR) is 71.3 cm³/mol. The molecule has 0 bridgehead atoms. The molecule has 0 aromatic carbocycles. The number of aromatic nitrogens is 3. The summed E-state index contributed by atoms with van der Waals surface area (Å²) < 4.78 is 3.69. The van der Waals surface area contributed by atoms with Crippen LogP contribution in [-0.4, -0.2) is 14.8 Å². The number of pyridine rings is 1. The lowest BCUT2D eigenvalue weighted by atomic mass is 10.3. The number of rotatable bonds is 2. The van der Waals surface area contributed by atoms with Gasteiger partial charge in [0.05, 0.1) is 14.2 Å². The Labute approximate surface area is 114 Å². The summed E-state index contributed by atoms with van der Waals surface area (Å²) in [5.74, 6) is 1.23. The summed E-state index contributed by atoms with van der Waals surface area (Å²) in [6.07, 6.45) is 5.44. The molecule has 0 fully saturated rings. The molecule has 0 spiro atoms. The molecule has 0 unspecified atom stereocenters. The highest BCUT2D eigenvalue weighted by atomic mass is 127. The first-order valence-corrected chi connectivity index (χ1v) is 6.52. The summed E-state index contributed by atoms with van der Waals surface area (Å²) in [4.78, 5) is 4.30. The topological polar surface area (TPSA) is 30.7 Å². The van der Waals surface area contributed by atoms with Crippen LogP contribution in [0.3, 0.4) is 0 Å². The number of nitrogens with zero attached hydrogens (tertiary/aromatic N) is 3. The van der Waals surface area contributed by atoms with E-state index in [9.17, 15) is 0 Å². The van der Waals surface area contributed by atoms with Crippen LogP contribution < -0.4 is 0 Å². The van der Waals surface area contributed by atoms with Gasteiger partial charge >= 0.3 is 0 Å². The fourth-order valence-corrected chi connectivity index (χ4v) is 2.24. The summed E-state index contributed by atoms with van der Waals surface area (Å²) in [5.41, 5.74) is 0.981. The zero-order valence-electron chi connectivity index (χ0n) is 7.49. The first-order valence-electron chi connectivity index (χ1n) is 4.11. The van der Waals surface area contributed by atoms with Crippen molar-refractivity contribution in [1.82, 2.24) is 14.8 Å². The molecule has 15 heavy (non-hydrogen) atoms. The standard InChI is InChI=1S/C9H6BrClIN3/c10-8-1-6(2-11)3-13-9(8)15-5-7(12)4-14-15/h1,3-5H,2H2. The fraction of sp³-hybridized carbons (Fsp3) is 0.111. The quantitative estimate of drug-likeness (QED) is 0.574. The van der Waals surface area contributed by atoms with E-state index in [2.05, 4.69) is 48.6 Å². The van der Waals surface area contributed by atoms with Crippen molar-refractivity contribution in [3.05, 3.63) is 38.3 Å². The Morgan fingerprint density at radius 1 is 1.47 bits per heavy atom. The van der Waals surface area contributed by atoms with Crippen molar-refractivity contribution in [1.29, 1.82) is 0 Å². The fourth-order valence-electron chi connectivity index (χ4n) is 1.13. The monoisotopic (exact) mass is 397 g/mol. The Balaban J connectivity index is 2.45. The number of halogens is 3. The summed E-state index contributed by atoms with van der Waals surface area (Å²) in [7, 11) is 0. The van der Waals surface area contributed by atoms with Crippen molar-refractivity contribution in [2.75, 3.05) is 0 Å². The highest BCUT2D eigenvalue weighted by Crippen LogP contribution is 2.20. The van der Waals surface area contributed by atoms with Crippen molar-refractivity contribution < 1.29 is 0 Å². The van der Waals surface area contributed by atoms with E-state index >= 15 is 0 Å². The molecule has 0 aliphatic rings. The highest BCUT2D eigenvalue weighted by molar-refractivity contribution is 14.1. The van der Waals surface area contributed by atoms with Gasteiger partial charge in [0, 0.05) is 18.3 Å². The second-order valence-corrected chi connectivity index (χ2v) is 5.25. The minimum Gasteiger partial charge on any atom is -0.236 e. The van der Waals surface area contributed by atoms with E-state index in [1.807, 2.05) is 12.3 Å². The van der Waals surface area contributed by atoms with Crippen molar-refractivity contribution in [2.24, 2.45) is 0 Å². The Kier molecular flexibility index (Phi) is 3.63. The van der Waals surface area contributed by atoms with Crippen LogP contribution >= 0.6 is 50.1 Å². The van der Waals surface area contributed by atoms with Crippen molar-refractivity contribution in [3.8, 4) is 5.82 Å². The maximum absolute atomic E-state index is 5.72. The average Bonchev–Trinajstić information content (AvgIpc) is 2.64. The second kappa shape index (κ2) is 4.80. The number of hydrogen-bond donors (Lipinski definition) is 0. The maximum atomic E-state index is 5.72. The molecule has 0 atom stereocenters. The van der Waals surface area contributed by atoms with Crippen LogP contribution in [0.2, 0.25) is 0 Å². The lowest BCUT2D eigenvalue weighted by Gasteiger charge is -2.04. The van der Waals surface area contributed by atoms with Gasteiger partial charge in [0.2, 0.25) is 0 Å². The van der Waals surface area contributed by atoms with Crippen LogP contribution in [0.1, 0.15) is 5.56 Å². The van der Waals surface area contributed by atoms with Gasteiger partial charge in [-0.05, 0) is 50.2 Å². The van der Waals surface area contributed by atoms with Crippen LogP contribution in [0.4, 0.5) is 0 Å². The van der Waals surface area contributed by atoms with E-state index in [1.165, 1.54) is 0 Å². The van der Waals surface area contributed by atoms with E-state index in [1.54, 1.807) is 17.1 Å². The predicted octanol–water partition coefficient (Wildman–Crippen LogP) is 3.37. The van der Waals surface area contributed by atoms with Crippen molar-refractivity contribution in [2.45, 2.75) is 5.88 Å². The molecule has 0 amide bonds. The van der Waals surface area contributed by atoms with Gasteiger partial charge in [0.1, 0.15) is 0 Å². The minimum absolute atomic E-state index is 0.461. The molecule has 2 rings (SSSR count). The normalized spacial score (nSPS) is 10.6. The lowest BCUT2D eigenvalue weighted by molar-refractivity contribution is 0.839. The third kappa shape index (κ3) is 2.51. The van der Waals surface area contributed by atoms with Crippen LogP contribution in [-0.2, 0) is 5.88 Å². The first-order chi connectivity index (χ1) is 7.20. The second-order valence-electron chi connectivity index (χ2n) is 2.89. The van der Waals surface area contributed by atoms with E-state index in [0.29, 0.717) is 5.88 Å². The smallest absolute Gasteiger partial charge is 0.167 e. The van der Waals surface area contributed by atoms with E-state index in [-0.39, 0.29) is 0 Å². The van der Waals surface area contributed by atoms with Crippen LogP contribution in [0.15, 0.2) is 29.1 Å². The molecule has 2 heterocycles. The number of alkyl halides is 1. The molecule has 78 valence electrons. The molecule has 2 aromatic rings. The molecule has 0 radical (unpaired) electrons. The maximum Gasteiger partial charge on any atom is 0.167 e. The summed E-state index contributed by atoms with van der Waals surface area (Å²) in [6.45, 7) is 0. The summed E-state index contributed by atoms with van der Waals surface area (Å²) in [6, 6.07) is 1.95. The van der Waals surface area contributed by atoms with Crippen molar-refractivity contribution in [3.63, 3.8) is 0 Å². The van der Waals surface area contributed by atoms with Gasteiger partial charge < -0.3 is 0 Å². The molecule has 0 saturated carbocycles. The molecule has 0 aliphatic carbocycles. The largest absolute Gasteiger partial charge is 0.236 e. The molecule has 3 nitrogen and oxygen atoms in total. The molecular formula is C9H6BrClIN3. The zero-order valence-corrected chi connectivity index (χ0v) is 12.0. The minimum atomic E-state index is 0.461. The molecular weight excluding hydrogens is 392 g/mol. The third-order valence-electron chi connectivity index (χ3n) is 1.80. The zero-order chi connectivity index (χ0) is 10.8. The molecule has 0 N–H and O–H groups in total. The third-order valence-corrected chi connectivity index (χ3v) is 3.25. The first kappa shape index (κ1) is 11.3. The van der Waals surface area contributed by atoms with Gasteiger partial charge in [0.25, 0.3) is 0 Å². The lowest BCUT2D eigenvalue weighted by Crippen LogP contribution is -1.99. The van der Waals surface area contributed by atoms with Gasteiger partial charge in [0.15, 0.2) is 5.82 Å². The van der Waals surface area contributed by atoms with E-state index in [4.69, 9.17) is 11.6 Å². The Hall–Kier alpha value is -0.140. The molecule has 6 heteroatoms. The summed E-state index contributed by atoms with van der Waals surface area (Å²) >= 11 is 11.4. The van der Waals surface area contributed by atoms with Crippen molar-refractivity contribution >= 4 is 50.1 Å². The Morgan fingerprint density at radius 3 is 2.80 bits per heavy atom. The highest BCUT2D eigenvalue weighted by Gasteiger charge is 2.06. The molecule has 0 aliphatic heterocycles. The summed E-state index contributed by atoms with van der Waals surface area (Å²) in [5, 5.41) is 4.19. The molecule has 2 aromatic heterocycles. The van der Waals surface area contributed by atoms with Gasteiger partial charge in [-0.25, -0.2) is 9.67 Å². The van der Waals surface area contributed by atoms with Crippen LogP contribution in [0, 0.1) is 3.57 Å². The molecule has 0 saturated heterocycles. The Bertz CT molecular complexity index is 486.